The highest BCUT2D eigenvalue weighted by molar-refractivity contribution is 5.78. The van der Waals surface area contributed by atoms with Gasteiger partial charge in [-0.1, -0.05) is 31.0 Å². The van der Waals surface area contributed by atoms with Gasteiger partial charge in [0.25, 0.3) is 0 Å². The molecule has 1 heterocycles. The number of benzene rings is 1. The van der Waals surface area contributed by atoms with Crippen LogP contribution in [0.25, 0.3) is 0 Å². The van der Waals surface area contributed by atoms with Gasteiger partial charge < -0.3 is 10.0 Å². The molecule has 0 saturated carbocycles. The van der Waals surface area contributed by atoms with E-state index in [4.69, 9.17) is 0 Å². The fourth-order valence-electron chi connectivity index (χ4n) is 2.59. The number of hydrogen-bond acceptors (Lipinski definition) is 2. The molecular weight excluding hydrogens is 226 g/mol. The predicted molar refractivity (Wildman–Crippen MR) is 73.2 cm³/mol. The van der Waals surface area contributed by atoms with Crippen molar-refractivity contribution in [2.45, 2.75) is 38.5 Å². The summed E-state index contributed by atoms with van der Waals surface area (Å²) in [6.07, 6.45) is 4.98. The molecule has 3 nitrogen and oxygen atoms in total. The predicted octanol–water partition coefficient (Wildman–Crippen LogP) is 3.26. The monoisotopic (exact) mass is 247 g/mol. The zero-order chi connectivity index (χ0) is 13.0. The maximum absolute atomic E-state index is 11.2. The third-order valence-corrected chi connectivity index (χ3v) is 3.72. The maximum Gasteiger partial charge on any atom is 0.310 e. The summed E-state index contributed by atoms with van der Waals surface area (Å²) in [5.74, 6) is -1.19. The molecule has 1 aliphatic rings. The van der Waals surface area contributed by atoms with Gasteiger partial charge in [0.1, 0.15) is 0 Å². The van der Waals surface area contributed by atoms with Crippen LogP contribution in [0.1, 0.15) is 44.1 Å². The lowest BCUT2D eigenvalue weighted by Gasteiger charge is -2.26. The van der Waals surface area contributed by atoms with Crippen molar-refractivity contribution in [3.8, 4) is 0 Å². The topological polar surface area (TPSA) is 40.5 Å². The second-order valence-corrected chi connectivity index (χ2v) is 5.02. The normalized spacial score (nSPS) is 18.2. The Morgan fingerprint density at radius 1 is 1.17 bits per heavy atom. The number of carboxylic acids is 1. The van der Waals surface area contributed by atoms with Gasteiger partial charge in [0.05, 0.1) is 5.92 Å². The molecule has 0 aromatic heterocycles. The molecule has 0 radical (unpaired) electrons. The van der Waals surface area contributed by atoms with Crippen LogP contribution in [-0.4, -0.2) is 24.2 Å². The standard InChI is InChI=1S/C15H21NO2/c1-12(15(17)18)13-8-4-5-9-14(13)16-10-6-2-3-7-11-16/h4-5,8-9,12H,2-3,6-7,10-11H2,1H3,(H,17,18). The number of aliphatic carboxylic acids is 1. The number of carboxylic acid groups (broad SMARTS) is 1. The third kappa shape index (κ3) is 2.84. The number of hydrogen-bond donors (Lipinski definition) is 1. The van der Waals surface area contributed by atoms with E-state index in [9.17, 15) is 9.90 Å². The first-order valence-corrected chi connectivity index (χ1v) is 6.77. The summed E-state index contributed by atoms with van der Waals surface area (Å²) in [7, 11) is 0. The first kappa shape index (κ1) is 12.9. The summed E-state index contributed by atoms with van der Waals surface area (Å²) in [4.78, 5) is 13.5. The summed E-state index contributed by atoms with van der Waals surface area (Å²) in [5.41, 5.74) is 2.04. The third-order valence-electron chi connectivity index (χ3n) is 3.72. The number of nitrogens with zero attached hydrogens (tertiary/aromatic N) is 1. The van der Waals surface area contributed by atoms with E-state index in [0.29, 0.717) is 0 Å². The van der Waals surface area contributed by atoms with Crippen molar-refractivity contribution >= 4 is 11.7 Å². The molecule has 0 bridgehead atoms. The second kappa shape index (κ2) is 5.89. The molecule has 1 aliphatic heterocycles. The van der Waals surface area contributed by atoms with E-state index in [1.165, 1.54) is 25.7 Å². The van der Waals surface area contributed by atoms with E-state index >= 15 is 0 Å². The van der Waals surface area contributed by atoms with Crippen molar-refractivity contribution in [2.75, 3.05) is 18.0 Å². The van der Waals surface area contributed by atoms with E-state index in [-0.39, 0.29) is 0 Å². The highest BCUT2D eigenvalue weighted by atomic mass is 16.4. The van der Waals surface area contributed by atoms with E-state index in [0.717, 1.165) is 24.3 Å². The largest absolute Gasteiger partial charge is 0.481 e. The highest BCUT2D eigenvalue weighted by Crippen LogP contribution is 2.29. The molecule has 18 heavy (non-hydrogen) atoms. The highest BCUT2D eigenvalue weighted by Gasteiger charge is 2.20. The van der Waals surface area contributed by atoms with E-state index in [1.54, 1.807) is 6.92 Å². The van der Waals surface area contributed by atoms with Gasteiger partial charge in [-0.3, -0.25) is 4.79 Å². The fraction of sp³-hybridized carbons (Fsp3) is 0.533. The van der Waals surface area contributed by atoms with Crippen molar-refractivity contribution in [1.82, 2.24) is 0 Å². The summed E-state index contributed by atoms with van der Waals surface area (Å²) in [6, 6.07) is 7.92. The summed E-state index contributed by atoms with van der Waals surface area (Å²) in [5, 5.41) is 9.20. The Hall–Kier alpha value is -1.51. The van der Waals surface area contributed by atoms with Crippen LogP contribution in [0.2, 0.25) is 0 Å². The van der Waals surface area contributed by atoms with Crippen molar-refractivity contribution in [3.63, 3.8) is 0 Å². The van der Waals surface area contributed by atoms with Gasteiger partial charge in [0.2, 0.25) is 0 Å². The summed E-state index contributed by atoms with van der Waals surface area (Å²) in [6.45, 7) is 3.85. The number of anilines is 1. The van der Waals surface area contributed by atoms with Crippen LogP contribution in [-0.2, 0) is 4.79 Å². The Kier molecular flexibility index (Phi) is 4.24. The number of carbonyl (C=O) groups is 1. The van der Waals surface area contributed by atoms with E-state index in [2.05, 4.69) is 11.0 Å². The van der Waals surface area contributed by atoms with Gasteiger partial charge in [-0.2, -0.15) is 0 Å². The zero-order valence-corrected chi connectivity index (χ0v) is 10.9. The summed E-state index contributed by atoms with van der Waals surface area (Å²) >= 11 is 0. The Labute approximate surface area is 108 Å². The second-order valence-electron chi connectivity index (χ2n) is 5.02. The average Bonchev–Trinajstić information content (AvgIpc) is 2.66. The molecule has 1 fully saturated rings. The van der Waals surface area contributed by atoms with Gasteiger partial charge in [-0.05, 0) is 31.4 Å². The summed E-state index contributed by atoms with van der Waals surface area (Å²) < 4.78 is 0. The lowest BCUT2D eigenvalue weighted by atomic mass is 9.98. The van der Waals surface area contributed by atoms with Gasteiger partial charge in [-0.25, -0.2) is 0 Å². The maximum atomic E-state index is 11.2. The smallest absolute Gasteiger partial charge is 0.310 e. The lowest BCUT2D eigenvalue weighted by Crippen LogP contribution is -2.26. The van der Waals surface area contributed by atoms with Gasteiger partial charge in [0, 0.05) is 18.8 Å². The minimum atomic E-state index is -0.753. The van der Waals surface area contributed by atoms with Crippen LogP contribution >= 0.6 is 0 Å². The molecule has 98 valence electrons. The van der Waals surface area contributed by atoms with Crippen molar-refractivity contribution in [3.05, 3.63) is 29.8 Å². The quantitative estimate of drug-likeness (QED) is 0.891. The molecule has 3 heteroatoms. The van der Waals surface area contributed by atoms with Crippen LogP contribution in [0, 0.1) is 0 Å². The Morgan fingerprint density at radius 2 is 1.78 bits per heavy atom. The average molecular weight is 247 g/mol. The zero-order valence-electron chi connectivity index (χ0n) is 10.9. The van der Waals surface area contributed by atoms with Crippen LogP contribution in [0.3, 0.4) is 0 Å². The molecule has 1 N–H and O–H groups in total. The molecule has 1 unspecified atom stereocenters. The molecule has 1 atom stereocenters. The number of rotatable bonds is 3. The Morgan fingerprint density at radius 3 is 2.39 bits per heavy atom. The van der Waals surface area contributed by atoms with Gasteiger partial charge >= 0.3 is 5.97 Å². The Bertz CT molecular complexity index is 409. The molecule has 0 aliphatic carbocycles. The molecule has 1 saturated heterocycles. The first-order chi connectivity index (χ1) is 8.70. The minimum Gasteiger partial charge on any atom is -0.481 e. The van der Waals surface area contributed by atoms with Crippen molar-refractivity contribution in [2.24, 2.45) is 0 Å². The molecule has 2 rings (SSSR count). The van der Waals surface area contributed by atoms with Gasteiger partial charge in [-0.15, -0.1) is 0 Å². The molecule has 1 aromatic carbocycles. The molecular formula is C15H21NO2. The van der Waals surface area contributed by atoms with Crippen LogP contribution < -0.4 is 4.90 Å². The van der Waals surface area contributed by atoms with Crippen molar-refractivity contribution in [1.29, 1.82) is 0 Å². The van der Waals surface area contributed by atoms with E-state index < -0.39 is 11.9 Å². The SMILES string of the molecule is CC(C(=O)O)c1ccccc1N1CCCCCC1. The number of para-hydroxylation sites is 1. The minimum absolute atomic E-state index is 0.440. The van der Waals surface area contributed by atoms with Crippen molar-refractivity contribution < 1.29 is 9.90 Å². The lowest BCUT2D eigenvalue weighted by molar-refractivity contribution is -0.138. The first-order valence-electron chi connectivity index (χ1n) is 6.77. The molecule has 0 amide bonds. The van der Waals surface area contributed by atoms with Crippen LogP contribution in [0.4, 0.5) is 5.69 Å². The van der Waals surface area contributed by atoms with Gasteiger partial charge in [0.15, 0.2) is 0 Å². The van der Waals surface area contributed by atoms with Crippen LogP contribution in [0.15, 0.2) is 24.3 Å². The Balaban J connectivity index is 2.28. The molecule has 1 aromatic rings. The molecule has 0 spiro atoms. The van der Waals surface area contributed by atoms with Crippen LogP contribution in [0.5, 0.6) is 0 Å². The fourth-order valence-corrected chi connectivity index (χ4v) is 2.59. The van der Waals surface area contributed by atoms with E-state index in [1.807, 2.05) is 18.2 Å².